The molecule has 0 fully saturated rings. The van der Waals surface area contributed by atoms with E-state index in [1.807, 2.05) is 4.72 Å². The fourth-order valence-electron chi connectivity index (χ4n) is 1.60. The number of sulfonamides is 1. The Hall–Kier alpha value is -2.54. The normalized spacial score (nSPS) is 11.2. The van der Waals surface area contributed by atoms with Crippen LogP contribution in [-0.2, 0) is 17.1 Å². The molecule has 10 heteroatoms. The summed E-state index contributed by atoms with van der Waals surface area (Å²) in [5.74, 6) is -4.68. The number of aryl methyl sites for hydroxylation is 1. The molecule has 1 heterocycles. The summed E-state index contributed by atoms with van der Waals surface area (Å²) in [6, 6.07) is 2.16. The number of rotatable bonds is 3. The Morgan fingerprint density at radius 2 is 1.86 bits per heavy atom. The summed E-state index contributed by atoms with van der Waals surface area (Å²) in [5, 5.41) is 12.5. The van der Waals surface area contributed by atoms with Crippen LogP contribution in [-0.4, -0.2) is 18.2 Å². The van der Waals surface area contributed by atoms with Gasteiger partial charge in [-0.15, -0.1) is 0 Å². The first-order valence-electron chi connectivity index (χ1n) is 5.35. The second-order valence-corrected chi connectivity index (χ2v) is 5.57. The van der Waals surface area contributed by atoms with E-state index in [4.69, 9.17) is 5.26 Å². The van der Waals surface area contributed by atoms with Crippen LogP contribution >= 0.6 is 0 Å². The highest BCUT2D eigenvalue weighted by Gasteiger charge is 2.27. The van der Waals surface area contributed by atoms with Crippen LogP contribution in [0, 0.1) is 28.8 Å². The molecular formula is C11H7F3N4O2S. The second-order valence-electron chi connectivity index (χ2n) is 3.95. The van der Waals surface area contributed by atoms with Crippen LogP contribution in [0.5, 0.6) is 0 Å². The molecule has 0 spiro atoms. The predicted octanol–water partition coefficient (Wildman–Crippen LogP) is 1.51. The quantitative estimate of drug-likeness (QED) is 0.929. The van der Waals surface area contributed by atoms with Gasteiger partial charge in [-0.2, -0.15) is 10.4 Å². The lowest BCUT2D eigenvalue weighted by Gasteiger charge is -2.10. The molecule has 0 aliphatic carbocycles. The van der Waals surface area contributed by atoms with Crippen LogP contribution < -0.4 is 4.72 Å². The van der Waals surface area contributed by atoms with E-state index in [0.29, 0.717) is 0 Å². The van der Waals surface area contributed by atoms with Crippen molar-refractivity contribution in [3.8, 4) is 6.07 Å². The predicted molar refractivity (Wildman–Crippen MR) is 65.0 cm³/mol. The van der Waals surface area contributed by atoms with E-state index in [1.165, 1.54) is 7.05 Å². The van der Waals surface area contributed by atoms with Gasteiger partial charge in [0.25, 0.3) is 10.0 Å². The van der Waals surface area contributed by atoms with Crippen molar-refractivity contribution in [3.05, 3.63) is 41.3 Å². The van der Waals surface area contributed by atoms with Crippen LogP contribution in [0.1, 0.15) is 5.56 Å². The number of aromatic nitrogens is 2. The monoisotopic (exact) mass is 316 g/mol. The first kappa shape index (κ1) is 14.9. The highest BCUT2D eigenvalue weighted by atomic mass is 32.2. The number of nitrogens with zero attached hydrogens (tertiary/aromatic N) is 3. The number of benzene rings is 1. The van der Waals surface area contributed by atoms with E-state index >= 15 is 0 Å². The molecule has 0 bridgehead atoms. The minimum Gasteiger partial charge on any atom is -0.262 e. The van der Waals surface area contributed by atoms with E-state index in [9.17, 15) is 21.6 Å². The summed E-state index contributed by atoms with van der Waals surface area (Å²) in [4.78, 5) is -1.34. The summed E-state index contributed by atoms with van der Waals surface area (Å²) in [7, 11) is -3.37. The lowest BCUT2D eigenvalue weighted by molar-refractivity contribution is 0.498. The van der Waals surface area contributed by atoms with Gasteiger partial charge in [0, 0.05) is 19.2 Å². The van der Waals surface area contributed by atoms with Crippen molar-refractivity contribution in [1.29, 1.82) is 5.26 Å². The minimum atomic E-state index is -4.70. The molecular weight excluding hydrogens is 309 g/mol. The van der Waals surface area contributed by atoms with Crippen molar-refractivity contribution in [1.82, 2.24) is 9.78 Å². The van der Waals surface area contributed by atoms with Crippen molar-refractivity contribution >= 4 is 15.8 Å². The molecule has 1 N–H and O–H groups in total. The first-order chi connectivity index (χ1) is 9.76. The average Bonchev–Trinajstić information content (AvgIpc) is 2.68. The van der Waals surface area contributed by atoms with Gasteiger partial charge in [0.2, 0.25) is 0 Å². The molecule has 0 aliphatic heterocycles. The molecule has 110 valence electrons. The van der Waals surface area contributed by atoms with Crippen molar-refractivity contribution in [3.63, 3.8) is 0 Å². The molecule has 0 saturated carbocycles. The Labute approximate surface area is 117 Å². The summed E-state index contributed by atoms with van der Waals surface area (Å²) >= 11 is 0. The lowest BCUT2D eigenvalue weighted by Crippen LogP contribution is -2.19. The van der Waals surface area contributed by atoms with Crippen molar-refractivity contribution in [2.75, 3.05) is 4.72 Å². The Kier molecular flexibility index (Phi) is 3.61. The van der Waals surface area contributed by atoms with Gasteiger partial charge in [0.05, 0.1) is 6.20 Å². The molecule has 21 heavy (non-hydrogen) atoms. The Morgan fingerprint density at radius 1 is 1.29 bits per heavy atom. The zero-order chi connectivity index (χ0) is 15.8. The second kappa shape index (κ2) is 5.10. The van der Waals surface area contributed by atoms with Gasteiger partial charge in [-0.1, -0.05) is 0 Å². The zero-order valence-electron chi connectivity index (χ0n) is 10.4. The summed E-state index contributed by atoms with van der Waals surface area (Å²) in [5.41, 5.74) is -0.135. The topological polar surface area (TPSA) is 87.8 Å². The third kappa shape index (κ3) is 2.68. The maximum absolute atomic E-state index is 13.5. The molecule has 0 aliphatic rings. The average molecular weight is 316 g/mol. The van der Waals surface area contributed by atoms with Gasteiger partial charge in [-0.25, -0.2) is 21.6 Å². The number of anilines is 1. The molecule has 1 aromatic carbocycles. The van der Waals surface area contributed by atoms with Gasteiger partial charge >= 0.3 is 0 Å². The number of halogens is 3. The molecule has 0 saturated heterocycles. The lowest BCUT2D eigenvalue weighted by atomic mass is 10.3. The fraction of sp³-hybridized carbons (Fsp3) is 0.0909. The molecule has 0 radical (unpaired) electrons. The van der Waals surface area contributed by atoms with Crippen LogP contribution in [0.4, 0.5) is 19.0 Å². The highest BCUT2D eigenvalue weighted by Crippen LogP contribution is 2.24. The maximum Gasteiger partial charge on any atom is 0.268 e. The number of hydrogen-bond donors (Lipinski definition) is 1. The van der Waals surface area contributed by atoms with Crippen LogP contribution in [0.2, 0.25) is 0 Å². The molecule has 2 aromatic rings. The van der Waals surface area contributed by atoms with Crippen LogP contribution in [0.15, 0.2) is 23.2 Å². The van der Waals surface area contributed by atoms with Gasteiger partial charge in [-0.3, -0.25) is 9.40 Å². The minimum absolute atomic E-state index is 0.135. The summed E-state index contributed by atoms with van der Waals surface area (Å²) in [6.07, 6.45) is 1.08. The third-order valence-electron chi connectivity index (χ3n) is 2.52. The van der Waals surface area contributed by atoms with Crippen molar-refractivity contribution in [2.24, 2.45) is 7.05 Å². The number of nitriles is 1. The molecule has 2 rings (SSSR count). The molecule has 0 atom stereocenters. The van der Waals surface area contributed by atoms with Gasteiger partial charge < -0.3 is 0 Å². The molecule has 0 amide bonds. The van der Waals surface area contributed by atoms with E-state index in [2.05, 4.69) is 5.10 Å². The largest absolute Gasteiger partial charge is 0.268 e. The van der Waals surface area contributed by atoms with Crippen molar-refractivity contribution in [2.45, 2.75) is 4.90 Å². The Balaban J connectivity index is 2.54. The maximum atomic E-state index is 13.5. The van der Waals surface area contributed by atoms with Crippen molar-refractivity contribution < 1.29 is 21.6 Å². The standard InChI is InChI=1S/C11H7F3N4O2S/c1-18-11(6(4-15)5-16-18)17-21(19,20)10-8(13)2-7(12)3-9(10)14/h2-3,5,17H,1H3. The summed E-state index contributed by atoms with van der Waals surface area (Å²) in [6.45, 7) is 0. The van der Waals surface area contributed by atoms with Gasteiger partial charge in [0.15, 0.2) is 10.7 Å². The summed E-state index contributed by atoms with van der Waals surface area (Å²) < 4.78 is 66.7. The first-order valence-corrected chi connectivity index (χ1v) is 6.84. The van der Waals surface area contributed by atoms with Gasteiger partial charge in [0.1, 0.15) is 29.1 Å². The smallest absolute Gasteiger partial charge is 0.262 e. The van der Waals surface area contributed by atoms with Crippen LogP contribution in [0.3, 0.4) is 0 Å². The number of hydrogen-bond acceptors (Lipinski definition) is 4. The third-order valence-corrected chi connectivity index (χ3v) is 3.91. The molecule has 0 unspecified atom stereocenters. The number of nitrogens with one attached hydrogen (secondary N) is 1. The van der Waals surface area contributed by atoms with E-state index < -0.39 is 32.4 Å². The highest BCUT2D eigenvalue weighted by molar-refractivity contribution is 7.92. The SMILES string of the molecule is Cn1ncc(C#N)c1NS(=O)(=O)c1c(F)cc(F)cc1F. The fourth-order valence-corrected chi connectivity index (χ4v) is 2.83. The molecule has 1 aromatic heterocycles. The Morgan fingerprint density at radius 3 is 2.38 bits per heavy atom. The van der Waals surface area contributed by atoms with Crippen LogP contribution in [0.25, 0.3) is 0 Å². The Bertz CT molecular complexity index is 832. The molecule has 6 nitrogen and oxygen atoms in total. The van der Waals surface area contributed by atoms with E-state index in [0.717, 1.165) is 10.9 Å². The van der Waals surface area contributed by atoms with E-state index in [1.54, 1.807) is 6.07 Å². The van der Waals surface area contributed by atoms with Gasteiger partial charge in [-0.05, 0) is 0 Å². The zero-order valence-corrected chi connectivity index (χ0v) is 11.2. The van der Waals surface area contributed by atoms with E-state index in [-0.39, 0.29) is 23.5 Å².